The molecule has 0 saturated heterocycles. The fourth-order valence-corrected chi connectivity index (χ4v) is 3.30. The van der Waals surface area contributed by atoms with Crippen molar-refractivity contribution in [2.45, 2.75) is 25.7 Å². The highest BCUT2D eigenvalue weighted by molar-refractivity contribution is 8.76. The van der Waals surface area contributed by atoms with E-state index in [-0.39, 0.29) is 0 Å². The molecule has 74 valence electrons. The summed E-state index contributed by atoms with van der Waals surface area (Å²) in [6.07, 6.45) is 4.79. The minimum absolute atomic E-state index is 0.803. The molecule has 0 aromatic heterocycles. The zero-order valence-electron chi connectivity index (χ0n) is 7.23. The summed E-state index contributed by atoms with van der Waals surface area (Å²) in [5.41, 5.74) is 0. The summed E-state index contributed by atoms with van der Waals surface area (Å²) in [5, 5.41) is 0. The van der Waals surface area contributed by atoms with Gasteiger partial charge in [-0.05, 0) is 25.7 Å². The standard InChI is InChI=1S/C8H16Cl2S2/c9-5-1-3-7-11-12-8-4-2-6-10/h1-8H2. The highest BCUT2D eigenvalue weighted by atomic mass is 35.5. The predicted molar refractivity (Wildman–Crippen MR) is 64.8 cm³/mol. The molecule has 0 N–H and O–H groups in total. The zero-order chi connectivity index (χ0) is 9.07. The first kappa shape index (κ1) is 13.3. The van der Waals surface area contributed by atoms with E-state index in [2.05, 4.69) is 0 Å². The molecule has 0 saturated carbocycles. The molecule has 4 heteroatoms. The van der Waals surface area contributed by atoms with Gasteiger partial charge in [0.15, 0.2) is 0 Å². The van der Waals surface area contributed by atoms with Gasteiger partial charge in [0.1, 0.15) is 0 Å². The molecule has 0 atom stereocenters. The monoisotopic (exact) mass is 246 g/mol. The number of hydrogen-bond acceptors (Lipinski definition) is 2. The van der Waals surface area contributed by atoms with Gasteiger partial charge in [0.05, 0.1) is 0 Å². The van der Waals surface area contributed by atoms with Crippen molar-refractivity contribution in [2.75, 3.05) is 23.3 Å². The first-order chi connectivity index (χ1) is 5.91. The quantitative estimate of drug-likeness (QED) is 0.336. The summed E-state index contributed by atoms with van der Waals surface area (Å²) < 4.78 is 0. The highest BCUT2D eigenvalue weighted by Crippen LogP contribution is 2.23. The smallest absolute Gasteiger partial charge is 0.0223 e. The first-order valence-corrected chi connectivity index (χ1v) is 7.84. The molecular formula is C8H16Cl2S2. The van der Waals surface area contributed by atoms with Gasteiger partial charge in [-0.25, -0.2) is 0 Å². The Morgan fingerprint density at radius 1 is 0.667 bits per heavy atom. The van der Waals surface area contributed by atoms with Crippen LogP contribution < -0.4 is 0 Å². The fraction of sp³-hybridized carbons (Fsp3) is 1.00. The Labute approximate surface area is 93.5 Å². The van der Waals surface area contributed by atoms with Crippen molar-refractivity contribution >= 4 is 44.8 Å². The predicted octanol–water partition coefficient (Wildman–Crippen LogP) is 4.41. The fourth-order valence-electron chi connectivity index (χ4n) is 0.629. The lowest BCUT2D eigenvalue weighted by Crippen LogP contribution is -1.81. The van der Waals surface area contributed by atoms with Gasteiger partial charge in [-0.1, -0.05) is 21.6 Å². The average molecular weight is 247 g/mol. The van der Waals surface area contributed by atoms with Crippen molar-refractivity contribution < 1.29 is 0 Å². The SMILES string of the molecule is ClCCCCSSCCCCCl. The molecule has 0 heterocycles. The molecule has 0 nitrogen and oxygen atoms in total. The van der Waals surface area contributed by atoms with Gasteiger partial charge in [-0.15, -0.1) is 23.2 Å². The van der Waals surface area contributed by atoms with E-state index in [1.54, 1.807) is 0 Å². The van der Waals surface area contributed by atoms with Gasteiger partial charge in [-0.3, -0.25) is 0 Å². The molecule has 0 radical (unpaired) electrons. The number of unbranched alkanes of at least 4 members (excludes halogenated alkanes) is 2. The van der Waals surface area contributed by atoms with Gasteiger partial charge >= 0.3 is 0 Å². The van der Waals surface area contributed by atoms with E-state index in [1.807, 2.05) is 21.6 Å². The number of rotatable bonds is 9. The van der Waals surface area contributed by atoms with Crippen LogP contribution in [0.2, 0.25) is 0 Å². The third-order valence-electron chi connectivity index (χ3n) is 1.31. The molecule has 0 aliphatic rings. The van der Waals surface area contributed by atoms with Crippen LogP contribution in [0.4, 0.5) is 0 Å². The van der Waals surface area contributed by atoms with E-state index in [0.29, 0.717) is 0 Å². The lowest BCUT2D eigenvalue weighted by Gasteiger charge is -1.98. The summed E-state index contributed by atoms with van der Waals surface area (Å²) in [6.45, 7) is 0. The van der Waals surface area contributed by atoms with E-state index >= 15 is 0 Å². The van der Waals surface area contributed by atoms with Crippen LogP contribution in [0.15, 0.2) is 0 Å². The van der Waals surface area contributed by atoms with Crippen LogP contribution >= 0.6 is 44.8 Å². The summed E-state index contributed by atoms with van der Waals surface area (Å²) in [4.78, 5) is 0. The Morgan fingerprint density at radius 3 is 1.42 bits per heavy atom. The van der Waals surface area contributed by atoms with Crippen molar-refractivity contribution in [2.24, 2.45) is 0 Å². The van der Waals surface area contributed by atoms with E-state index in [9.17, 15) is 0 Å². The van der Waals surface area contributed by atoms with Crippen molar-refractivity contribution in [3.8, 4) is 0 Å². The lowest BCUT2D eigenvalue weighted by atomic mass is 10.4. The van der Waals surface area contributed by atoms with E-state index in [1.165, 1.54) is 24.3 Å². The molecule has 0 rings (SSSR count). The molecule has 12 heavy (non-hydrogen) atoms. The minimum Gasteiger partial charge on any atom is -0.127 e. The molecule has 0 aliphatic carbocycles. The first-order valence-electron chi connectivity index (χ1n) is 4.28. The van der Waals surface area contributed by atoms with Crippen molar-refractivity contribution in [1.82, 2.24) is 0 Å². The Morgan fingerprint density at radius 2 is 1.08 bits per heavy atom. The van der Waals surface area contributed by atoms with Crippen LogP contribution in [0.25, 0.3) is 0 Å². The van der Waals surface area contributed by atoms with Gasteiger partial charge in [0.25, 0.3) is 0 Å². The second-order valence-corrected chi connectivity index (χ2v) is 5.89. The third kappa shape index (κ3) is 11.3. The zero-order valence-corrected chi connectivity index (χ0v) is 10.4. The summed E-state index contributed by atoms with van der Waals surface area (Å²) in [5.74, 6) is 4.07. The van der Waals surface area contributed by atoms with Gasteiger partial charge in [0, 0.05) is 23.3 Å². The highest BCUT2D eigenvalue weighted by Gasteiger charge is 1.91. The Hall–Kier alpha value is 1.28. The van der Waals surface area contributed by atoms with Gasteiger partial charge < -0.3 is 0 Å². The third-order valence-corrected chi connectivity index (χ3v) is 4.42. The minimum atomic E-state index is 0.803. The molecule has 0 aliphatic heterocycles. The summed E-state index contributed by atoms with van der Waals surface area (Å²) in [6, 6.07) is 0. The van der Waals surface area contributed by atoms with Crippen molar-refractivity contribution in [1.29, 1.82) is 0 Å². The lowest BCUT2D eigenvalue weighted by molar-refractivity contribution is 0.902. The maximum Gasteiger partial charge on any atom is 0.0223 e. The largest absolute Gasteiger partial charge is 0.127 e. The average Bonchev–Trinajstić information content (AvgIpc) is 2.10. The molecule has 0 amide bonds. The van der Waals surface area contributed by atoms with Crippen LogP contribution in [-0.2, 0) is 0 Å². The van der Waals surface area contributed by atoms with Crippen LogP contribution in [0.5, 0.6) is 0 Å². The maximum atomic E-state index is 5.55. The van der Waals surface area contributed by atoms with Crippen LogP contribution in [-0.4, -0.2) is 23.3 Å². The number of alkyl halides is 2. The second kappa shape index (κ2) is 12.3. The van der Waals surface area contributed by atoms with Crippen LogP contribution in [0, 0.1) is 0 Å². The van der Waals surface area contributed by atoms with E-state index < -0.39 is 0 Å². The van der Waals surface area contributed by atoms with Crippen LogP contribution in [0.3, 0.4) is 0 Å². The molecular weight excluding hydrogens is 231 g/mol. The van der Waals surface area contributed by atoms with E-state index in [0.717, 1.165) is 24.6 Å². The second-order valence-electron chi connectivity index (χ2n) is 2.44. The van der Waals surface area contributed by atoms with Gasteiger partial charge in [0.2, 0.25) is 0 Å². The number of halogens is 2. The molecule has 0 spiro atoms. The number of hydrogen-bond donors (Lipinski definition) is 0. The van der Waals surface area contributed by atoms with Crippen molar-refractivity contribution in [3.63, 3.8) is 0 Å². The molecule has 0 unspecified atom stereocenters. The van der Waals surface area contributed by atoms with E-state index in [4.69, 9.17) is 23.2 Å². The maximum absolute atomic E-state index is 5.55. The van der Waals surface area contributed by atoms with Crippen LogP contribution in [0.1, 0.15) is 25.7 Å². The summed E-state index contributed by atoms with van der Waals surface area (Å²) >= 11 is 11.1. The summed E-state index contributed by atoms with van der Waals surface area (Å²) in [7, 11) is 3.92. The Bertz CT molecular complexity index is 71.5. The normalized spacial score (nSPS) is 10.5. The van der Waals surface area contributed by atoms with Gasteiger partial charge in [-0.2, -0.15) is 0 Å². The molecule has 0 aromatic rings. The molecule has 0 bridgehead atoms. The Kier molecular flexibility index (Phi) is 13.6. The molecule has 0 fully saturated rings. The van der Waals surface area contributed by atoms with Crippen molar-refractivity contribution in [3.05, 3.63) is 0 Å². The Balaban J connectivity index is 2.73. The topological polar surface area (TPSA) is 0 Å². The molecule has 0 aromatic carbocycles.